The Kier molecular flexibility index (Phi) is 4.53. The molecule has 94 valence electrons. The van der Waals surface area contributed by atoms with Gasteiger partial charge in [-0.15, -0.1) is 0 Å². The number of carbonyl (C=O) groups is 1. The summed E-state index contributed by atoms with van der Waals surface area (Å²) in [6, 6.07) is 5.51. The van der Waals surface area contributed by atoms with Crippen LogP contribution in [0.25, 0.3) is 0 Å². The Morgan fingerprint density at radius 1 is 1.41 bits per heavy atom. The summed E-state index contributed by atoms with van der Waals surface area (Å²) >= 11 is 3.19. The number of nitrogens with two attached hydrogens (primary N) is 1. The van der Waals surface area contributed by atoms with Gasteiger partial charge in [0.05, 0.1) is 11.4 Å². The second kappa shape index (κ2) is 5.50. The summed E-state index contributed by atoms with van der Waals surface area (Å²) < 4.78 is 25.0. The lowest BCUT2D eigenvalue weighted by atomic mass is 10.3. The van der Waals surface area contributed by atoms with Crippen molar-refractivity contribution in [3.05, 3.63) is 28.7 Å². The molecule has 0 saturated heterocycles. The number of carbonyl (C=O) groups excluding carboxylic acids is 1. The molecule has 0 bridgehead atoms. The van der Waals surface area contributed by atoms with Gasteiger partial charge in [0.1, 0.15) is 0 Å². The number of hydrogen-bond donors (Lipinski definition) is 1. The van der Waals surface area contributed by atoms with E-state index in [0.717, 1.165) is 0 Å². The van der Waals surface area contributed by atoms with Crippen LogP contribution in [0.15, 0.2) is 28.7 Å². The predicted octanol–water partition coefficient (Wildman–Crippen LogP) is 2.07. The summed E-state index contributed by atoms with van der Waals surface area (Å²) in [4.78, 5) is 11.3. The minimum Gasteiger partial charge on any atom is -0.350 e. The van der Waals surface area contributed by atoms with Gasteiger partial charge in [-0.05, 0) is 34.5 Å². The zero-order valence-electron chi connectivity index (χ0n) is 9.26. The highest BCUT2D eigenvalue weighted by Gasteiger charge is 2.27. The van der Waals surface area contributed by atoms with Gasteiger partial charge < -0.3 is 5.73 Å². The van der Waals surface area contributed by atoms with Gasteiger partial charge in [-0.3, -0.25) is 0 Å². The average molecular weight is 321 g/mol. The van der Waals surface area contributed by atoms with Crippen molar-refractivity contribution in [1.82, 2.24) is 0 Å². The number of hydrogen-bond acceptors (Lipinski definition) is 3. The summed E-state index contributed by atoms with van der Waals surface area (Å²) in [6.07, 6.45) is 0.413. The molecule has 17 heavy (non-hydrogen) atoms. The molecule has 0 aliphatic carbocycles. The minimum atomic E-state index is -3.72. The zero-order valence-corrected chi connectivity index (χ0v) is 11.7. The maximum absolute atomic E-state index is 11.9. The Bertz CT molecular complexity index is 516. The van der Waals surface area contributed by atoms with E-state index in [-0.39, 0.29) is 11.4 Å². The zero-order chi connectivity index (χ0) is 13.1. The monoisotopic (exact) mass is 320 g/mol. The van der Waals surface area contributed by atoms with Crippen LogP contribution in [0, 0.1) is 0 Å². The van der Waals surface area contributed by atoms with Gasteiger partial charge in [0.2, 0.25) is 10.0 Å². The first-order valence-corrected chi connectivity index (χ1v) is 7.37. The molecule has 0 fully saturated rings. The van der Waals surface area contributed by atoms with Crippen molar-refractivity contribution in [3.63, 3.8) is 0 Å². The molecule has 0 aromatic heterocycles. The van der Waals surface area contributed by atoms with Crippen molar-refractivity contribution >= 4 is 37.7 Å². The number of urea groups is 1. The van der Waals surface area contributed by atoms with E-state index in [0.29, 0.717) is 15.2 Å². The van der Waals surface area contributed by atoms with E-state index >= 15 is 0 Å². The third-order valence-electron chi connectivity index (χ3n) is 2.01. The first-order chi connectivity index (χ1) is 7.90. The number of primary amides is 1. The lowest BCUT2D eigenvalue weighted by Crippen LogP contribution is -2.42. The van der Waals surface area contributed by atoms with Gasteiger partial charge in [-0.2, -0.15) is 4.31 Å². The lowest BCUT2D eigenvalue weighted by molar-refractivity contribution is 0.257. The largest absolute Gasteiger partial charge is 0.350 e. The molecule has 0 atom stereocenters. The summed E-state index contributed by atoms with van der Waals surface area (Å²) in [6.45, 7) is 1.72. The first kappa shape index (κ1) is 14.0. The van der Waals surface area contributed by atoms with Crippen LogP contribution in [0.4, 0.5) is 10.5 Å². The normalized spacial score (nSPS) is 11.2. The SMILES string of the molecule is CCCS(=O)(=O)N(C(N)=O)c1ccccc1Br. The van der Waals surface area contributed by atoms with Crippen LogP contribution in [-0.4, -0.2) is 20.2 Å². The summed E-state index contributed by atoms with van der Waals surface area (Å²) in [5.74, 6) is -0.128. The number of halogens is 1. The minimum absolute atomic E-state index is 0.128. The maximum Gasteiger partial charge on any atom is 0.333 e. The molecular formula is C10H13BrN2O3S. The Hall–Kier alpha value is -1.08. The third kappa shape index (κ3) is 3.19. The molecule has 1 rings (SSSR count). The highest BCUT2D eigenvalue weighted by molar-refractivity contribution is 9.10. The van der Waals surface area contributed by atoms with Crippen LogP contribution in [0.2, 0.25) is 0 Å². The molecule has 0 spiro atoms. The number of anilines is 1. The standard InChI is InChI=1S/C10H13BrN2O3S/c1-2-7-17(15,16)13(10(12)14)9-6-4-3-5-8(9)11/h3-6H,2,7H2,1H3,(H2,12,14). The highest BCUT2D eigenvalue weighted by Crippen LogP contribution is 2.28. The number of sulfonamides is 1. The van der Waals surface area contributed by atoms with E-state index in [9.17, 15) is 13.2 Å². The van der Waals surface area contributed by atoms with Gasteiger partial charge in [-0.1, -0.05) is 19.1 Å². The second-order valence-corrected chi connectivity index (χ2v) is 6.16. The van der Waals surface area contributed by atoms with Crippen molar-refractivity contribution in [1.29, 1.82) is 0 Å². The Morgan fingerprint density at radius 2 is 2.00 bits per heavy atom. The molecule has 2 amide bonds. The fourth-order valence-electron chi connectivity index (χ4n) is 1.37. The van der Waals surface area contributed by atoms with E-state index in [2.05, 4.69) is 15.9 Å². The van der Waals surface area contributed by atoms with Gasteiger partial charge >= 0.3 is 6.03 Å². The average Bonchev–Trinajstić information content (AvgIpc) is 2.20. The molecule has 0 saturated carbocycles. The van der Waals surface area contributed by atoms with Crippen LogP contribution in [0.1, 0.15) is 13.3 Å². The van der Waals surface area contributed by atoms with E-state index in [1.807, 2.05) is 0 Å². The van der Waals surface area contributed by atoms with Crippen LogP contribution >= 0.6 is 15.9 Å². The third-order valence-corrected chi connectivity index (χ3v) is 4.54. The fraction of sp³-hybridized carbons (Fsp3) is 0.300. The molecule has 2 N–H and O–H groups in total. The molecular weight excluding hydrogens is 308 g/mol. The van der Waals surface area contributed by atoms with E-state index in [1.54, 1.807) is 25.1 Å². The maximum atomic E-state index is 11.9. The van der Waals surface area contributed by atoms with Crippen LogP contribution < -0.4 is 10.0 Å². The molecule has 1 aromatic carbocycles. The van der Waals surface area contributed by atoms with Crippen LogP contribution in [0.5, 0.6) is 0 Å². The second-order valence-electron chi connectivity index (χ2n) is 3.37. The number of para-hydroxylation sites is 1. The van der Waals surface area contributed by atoms with Crippen molar-refractivity contribution in [2.24, 2.45) is 5.73 Å². The van der Waals surface area contributed by atoms with E-state index in [1.165, 1.54) is 6.07 Å². The smallest absolute Gasteiger partial charge is 0.333 e. The summed E-state index contributed by atoms with van der Waals surface area (Å²) in [5, 5.41) is 0. The lowest BCUT2D eigenvalue weighted by Gasteiger charge is -2.21. The number of benzene rings is 1. The molecule has 0 radical (unpaired) electrons. The topological polar surface area (TPSA) is 80.5 Å². The van der Waals surface area contributed by atoms with Crippen molar-refractivity contribution in [2.75, 3.05) is 10.1 Å². The summed E-state index contributed by atoms with van der Waals surface area (Å²) in [7, 11) is -3.72. The number of nitrogens with zero attached hydrogens (tertiary/aromatic N) is 1. The summed E-state index contributed by atoms with van der Waals surface area (Å²) in [5.41, 5.74) is 5.37. The van der Waals surface area contributed by atoms with Gasteiger partial charge in [-0.25, -0.2) is 13.2 Å². The molecule has 0 aliphatic rings. The first-order valence-electron chi connectivity index (χ1n) is 4.97. The predicted molar refractivity (Wildman–Crippen MR) is 70.3 cm³/mol. The Morgan fingerprint density at radius 3 is 2.47 bits per heavy atom. The molecule has 5 nitrogen and oxygen atoms in total. The number of amides is 2. The van der Waals surface area contributed by atoms with E-state index < -0.39 is 16.1 Å². The molecule has 0 heterocycles. The van der Waals surface area contributed by atoms with Gasteiger partial charge in [0, 0.05) is 4.47 Å². The van der Waals surface area contributed by atoms with Crippen molar-refractivity contribution < 1.29 is 13.2 Å². The highest BCUT2D eigenvalue weighted by atomic mass is 79.9. The Labute approximate surface area is 109 Å². The van der Waals surface area contributed by atoms with Crippen LogP contribution in [-0.2, 0) is 10.0 Å². The van der Waals surface area contributed by atoms with Gasteiger partial charge in [0.25, 0.3) is 0 Å². The molecule has 1 aromatic rings. The van der Waals surface area contributed by atoms with Crippen molar-refractivity contribution in [2.45, 2.75) is 13.3 Å². The quantitative estimate of drug-likeness (QED) is 0.922. The number of rotatable bonds is 4. The van der Waals surface area contributed by atoms with Crippen molar-refractivity contribution in [3.8, 4) is 0 Å². The van der Waals surface area contributed by atoms with E-state index in [4.69, 9.17) is 5.73 Å². The van der Waals surface area contributed by atoms with Crippen LogP contribution in [0.3, 0.4) is 0 Å². The molecule has 0 aliphatic heterocycles. The van der Waals surface area contributed by atoms with Gasteiger partial charge in [0.15, 0.2) is 0 Å². The molecule has 7 heteroatoms. The Balaban J connectivity index is 3.30. The molecule has 0 unspecified atom stereocenters. The fourth-order valence-corrected chi connectivity index (χ4v) is 3.38.